The van der Waals surface area contributed by atoms with Gasteiger partial charge in [0.1, 0.15) is 5.69 Å². The van der Waals surface area contributed by atoms with Gasteiger partial charge in [-0.1, -0.05) is 12.2 Å². The molecule has 20 heavy (non-hydrogen) atoms. The van der Waals surface area contributed by atoms with Crippen LogP contribution in [0.4, 0.5) is 11.4 Å². The molecule has 1 aromatic carbocycles. The van der Waals surface area contributed by atoms with Crippen LogP contribution in [-0.2, 0) is 0 Å². The summed E-state index contributed by atoms with van der Waals surface area (Å²) in [4.78, 5) is 28.6. The SMILES string of the molecule is C/C=C/CCNc1cc2nc[nH]c(=O)c2cc1[N+](=O)[O-]. The molecule has 0 radical (unpaired) electrons. The van der Waals surface area contributed by atoms with E-state index < -0.39 is 10.5 Å². The molecule has 0 aliphatic rings. The Morgan fingerprint density at radius 3 is 3.00 bits per heavy atom. The first kappa shape index (κ1) is 13.7. The maximum Gasteiger partial charge on any atom is 0.293 e. The van der Waals surface area contributed by atoms with E-state index in [-0.39, 0.29) is 11.1 Å². The monoisotopic (exact) mass is 274 g/mol. The Kier molecular flexibility index (Phi) is 4.09. The summed E-state index contributed by atoms with van der Waals surface area (Å²) < 4.78 is 0. The highest BCUT2D eigenvalue weighted by molar-refractivity contribution is 5.86. The number of allylic oxidation sites excluding steroid dienone is 1. The Labute approximate surface area is 114 Å². The van der Waals surface area contributed by atoms with Gasteiger partial charge in [-0.3, -0.25) is 14.9 Å². The zero-order valence-corrected chi connectivity index (χ0v) is 10.9. The standard InChI is InChI=1S/C13H14N4O3/c1-2-3-4-5-14-11-7-10-9(6-12(11)17(19)20)13(18)16-8-15-10/h2-3,6-8,14H,4-5H2,1H3,(H,15,16,18)/b3-2+. The minimum absolute atomic E-state index is 0.128. The van der Waals surface area contributed by atoms with Crippen LogP contribution in [-0.4, -0.2) is 21.4 Å². The van der Waals surface area contributed by atoms with Crippen molar-refractivity contribution in [1.82, 2.24) is 9.97 Å². The maximum absolute atomic E-state index is 11.6. The Morgan fingerprint density at radius 1 is 1.50 bits per heavy atom. The fraction of sp³-hybridized carbons (Fsp3) is 0.231. The number of hydrogen-bond acceptors (Lipinski definition) is 5. The van der Waals surface area contributed by atoms with Crippen LogP contribution in [0.3, 0.4) is 0 Å². The lowest BCUT2D eigenvalue weighted by atomic mass is 10.2. The van der Waals surface area contributed by atoms with E-state index in [1.807, 2.05) is 19.1 Å². The fourth-order valence-electron chi connectivity index (χ4n) is 1.85. The number of aromatic nitrogens is 2. The minimum atomic E-state index is -0.510. The lowest BCUT2D eigenvalue weighted by molar-refractivity contribution is -0.383. The molecule has 2 rings (SSSR count). The molecule has 0 saturated heterocycles. The molecule has 7 nitrogen and oxygen atoms in total. The molecule has 0 saturated carbocycles. The molecule has 0 bridgehead atoms. The van der Waals surface area contributed by atoms with E-state index in [0.29, 0.717) is 17.7 Å². The Morgan fingerprint density at radius 2 is 2.30 bits per heavy atom. The van der Waals surface area contributed by atoms with Gasteiger partial charge in [0.2, 0.25) is 0 Å². The van der Waals surface area contributed by atoms with E-state index in [0.717, 1.165) is 6.42 Å². The second-order valence-corrected chi connectivity index (χ2v) is 4.16. The van der Waals surface area contributed by atoms with Crippen LogP contribution in [0.15, 0.2) is 35.4 Å². The number of rotatable bonds is 5. The van der Waals surface area contributed by atoms with Crippen molar-refractivity contribution < 1.29 is 4.92 Å². The third-order valence-electron chi connectivity index (χ3n) is 2.82. The molecule has 104 valence electrons. The normalized spacial score (nSPS) is 11.1. The van der Waals surface area contributed by atoms with Crippen molar-refractivity contribution >= 4 is 22.3 Å². The third kappa shape index (κ3) is 2.82. The number of nitrogens with zero attached hydrogens (tertiary/aromatic N) is 2. The fourth-order valence-corrected chi connectivity index (χ4v) is 1.85. The summed E-state index contributed by atoms with van der Waals surface area (Å²) >= 11 is 0. The van der Waals surface area contributed by atoms with E-state index in [9.17, 15) is 14.9 Å². The molecule has 2 aromatic rings. The minimum Gasteiger partial charge on any atom is -0.379 e. The molecule has 0 unspecified atom stereocenters. The van der Waals surface area contributed by atoms with Crippen molar-refractivity contribution in [2.75, 3.05) is 11.9 Å². The number of hydrogen-bond donors (Lipinski definition) is 2. The van der Waals surface area contributed by atoms with Gasteiger partial charge in [0.05, 0.1) is 22.2 Å². The number of fused-ring (bicyclic) bond motifs is 1. The molecule has 0 aliphatic carbocycles. The number of nitro groups is 1. The molecule has 0 fully saturated rings. The van der Waals surface area contributed by atoms with Crippen LogP contribution in [0, 0.1) is 10.1 Å². The molecule has 0 aliphatic heterocycles. The van der Waals surface area contributed by atoms with Gasteiger partial charge < -0.3 is 10.3 Å². The molecular formula is C13H14N4O3. The summed E-state index contributed by atoms with van der Waals surface area (Å²) in [7, 11) is 0. The Balaban J connectivity index is 2.43. The summed E-state index contributed by atoms with van der Waals surface area (Å²) in [6.45, 7) is 2.48. The number of anilines is 1. The van der Waals surface area contributed by atoms with Crippen molar-refractivity contribution in [2.24, 2.45) is 0 Å². The summed E-state index contributed by atoms with van der Waals surface area (Å²) in [6.07, 6.45) is 5.91. The van der Waals surface area contributed by atoms with Gasteiger partial charge >= 0.3 is 0 Å². The number of benzene rings is 1. The summed E-state index contributed by atoms with van der Waals surface area (Å²) in [5.41, 5.74) is 0.271. The van der Waals surface area contributed by atoms with Crippen LogP contribution in [0.25, 0.3) is 10.9 Å². The van der Waals surface area contributed by atoms with E-state index in [1.54, 1.807) is 0 Å². The van der Waals surface area contributed by atoms with Crippen LogP contribution < -0.4 is 10.9 Å². The highest BCUT2D eigenvalue weighted by Gasteiger charge is 2.16. The number of aromatic amines is 1. The zero-order chi connectivity index (χ0) is 14.5. The highest BCUT2D eigenvalue weighted by atomic mass is 16.6. The molecule has 0 atom stereocenters. The van der Waals surface area contributed by atoms with Crippen molar-refractivity contribution in [3.05, 3.63) is 51.1 Å². The summed E-state index contributed by atoms with van der Waals surface area (Å²) in [5.74, 6) is 0. The Hall–Kier alpha value is -2.70. The second-order valence-electron chi connectivity index (χ2n) is 4.16. The van der Waals surface area contributed by atoms with E-state index in [1.165, 1.54) is 18.5 Å². The lowest BCUT2D eigenvalue weighted by Gasteiger charge is -2.06. The summed E-state index contributed by atoms with van der Waals surface area (Å²) in [6, 6.07) is 2.78. The molecule has 2 N–H and O–H groups in total. The van der Waals surface area contributed by atoms with Gasteiger partial charge in [-0.25, -0.2) is 4.98 Å². The van der Waals surface area contributed by atoms with Gasteiger partial charge in [0.25, 0.3) is 11.2 Å². The predicted molar refractivity (Wildman–Crippen MR) is 76.9 cm³/mol. The van der Waals surface area contributed by atoms with Crippen LogP contribution in [0.1, 0.15) is 13.3 Å². The van der Waals surface area contributed by atoms with Crippen molar-refractivity contribution in [3.63, 3.8) is 0 Å². The third-order valence-corrected chi connectivity index (χ3v) is 2.82. The average Bonchev–Trinajstić information content (AvgIpc) is 2.43. The molecule has 1 aromatic heterocycles. The zero-order valence-electron chi connectivity index (χ0n) is 10.9. The van der Waals surface area contributed by atoms with Crippen molar-refractivity contribution in [1.29, 1.82) is 0 Å². The van der Waals surface area contributed by atoms with Crippen LogP contribution in [0.2, 0.25) is 0 Å². The van der Waals surface area contributed by atoms with Gasteiger partial charge in [-0.05, 0) is 19.4 Å². The van der Waals surface area contributed by atoms with Crippen LogP contribution >= 0.6 is 0 Å². The van der Waals surface area contributed by atoms with Crippen molar-refractivity contribution in [2.45, 2.75) is 13.3 Å². The topological polar surface area (TPSA) is 101 Å². The molecule has 7 heteroatoms. The predicted octanol–water partition coefficient (Wildman–Crippen LogP) is 2.21. The first-order chi connectivity index (χ1) is 9.63. The number of nitrogens with one attached hydrogen (secondary N) is 2. The van der Waals surface area contributed by atoms with E-state index >= 15 is 0 Å². The summed E-state index contributed by atoms with van der Waals surface area (Å²) in [5, 5.41) is 14.3. The van der Waals surface area contributed by atoms with Crippen LogP contribution in [0.5, 0.6) is 0 Å². The first-order valence-corrected chi connectivity index (χ1v) is 6.14. The van der Waals surface area contributed by atoms with E-state index in [2.05, 4.69) is 15.3 Å². The van der Waals surface area contributed by atoms with E-state index in [4.69, 9.17) is 0 Å². The average molecular weight is 274 g/mol. The van der Waals surface area contributed by atoms with Gasteiger partial charge in [-0.2, -0.15) is 0 Å². The smallest absolute Gasteiger partial charge is 0.293 e. The van der Waals surface area contributed by atoms with Crippen molar-refractivity contribution in [3.8, 4) is 0 Å². The second kappa shape index (κ2) is 5.96. The largest absolute Gasteiger partial charge is 0.379 e. The van der Waals surface area contributed by atoms with Gasteiger partial charge in [0.15, 0.2) is 0 Å². The quantitative estimate of drug-likeness (QED) is 0.377. The Bertz CT molecular complexity index is 721. The lowest BCUT2D eigenvalue weighted by Crippen LogP contribution is -2.09. The highest BCUT2D eigenvalue weighted by Crippen LogP contribution is 2.27. The first-order valence-electron chi connectivity index (χ1n) is 6.14. The molecule has 0 amide bonds. The number of H-pyrrole nitrogens is 1. The molecule has 0 spiro atoms. The molecular weight excluding hydrogens is 260 g/mol. The number of nitro benzene ring substituents is 1. The molecule has 1 heterocycles. The van der Waals surface area contributed by atoms with Gasteiger partial charge in [-0.15, -0.1) is 0 Å². The maximum atomic E-state index is 11.6. The van der Waals surface area contributed by atoms with Gasteiger partial charge in [0, 0.05) is 12.6 Å².